The Balaban J connectivity index is 1.76. The van der Waals surface area contributed by atoms with E-state index in [2.05, 4.69) is 41.5 Å². The fraction of sp³-hybridized carbons (Fsp3) is 0.429. The lowest BCUT2D eigenvalue weighted by Gasteiger charge is -2.15. The van der Waals surface area contributed by atoms with E-state index < -0.39 is 0 Å². The first-order valence-electron chi connectivity index (χ1n) is 6.47. The van der Waals surface area contributed by atoms with Crippen molar-refractivity contribution in [2.75, 3.05) is 11.1 Å². The van der Waals surface area contributed by atoms with Crippen LogP contribution in [0, 0.1) is 6.92 Å². The Labute approximate surface area is 117 Å². The van der Waals surface area contributed by atoms with Crippen LogP contribution in [-0.2, 0) is 0 Å². The van der Waals surface area contributed by atoms with Gasteiger partial charge in [-0.15, -0.1) is 10.2 Å². The third kappa shape index (κ3) is 2.76. The van der Waals surface area contributed by atoms with Crippen LogP contribution in [0.15, 0.2) is 29.0 Å². The van der Waals surface area contributed by atoms with E-state index in [4.69, 9.17) is 4.42 Å². The first-order chi connectivity index (χ1) is 9.22. The normalized spacial score (nSPS) is 22.6. The number of benzene rings is 1. The van der Waals surface area contributed by atoms with Gasteiger partial charge in [-0.25, -0.2) is 0 Å². The molecule has 1 aromatic carbocycles. The lowest BCUT2D eigenvalue weighted by atomic mass is 10.1. The maximum absolute atomic E-state index is 5.22. The molecule has 1 N–H and O–H groups in total. The highest BCUT2D eigenvalue weighted by Crippen LogP contribution is 2.30. The highest BCUT2D eigenvalue weighted by molar-refractivity contribution is 8.00. The summed E-state index contributed by atoms with van der Waals surface area (Å²) < 4.78 is 5.22. The van der Waals surface area contributed by atoms with Gasteiger partial charge in [-0.05, 0) is 37.1 Å². The molecule has 3 rings (SSSR count). The molecule has 0 spiro atoms. The summed E-state index contributed by atoms with van der Waals surface area (Å²) in [5.41, 5.74) is 3.37. The van der Waals surface area contributed by atoms with Crippen molar-refractivity contribution >= 4 is 17.4 Å². The Hall–Kier alpha value is -1.49. The minimum Gasteiger partial charge on any atom is -0.423 e. The van der Waals surface area contributed by atoms with Crippen molar-refractivity contribution in [1.82, 2.24) is 10.2 Å². The number of nitrogens with zero attached hydrogens (tertiary/aromatic N) is 2. The lowest BCUT2D eigenvalue weighted by molar-refractivity contribution is 0.568. The van der Waals surface area contributed by atoms with Crippen molar-refractivity contribution in [1.29, 1.82) is 0 Å². The van der Waals surface area contributed by atoms with Crippen LogP contribution in [0.4, 0.5) is 5.69 Å². The summed E-state index contributed by atoms with van der Waals surface area (Å²) in [6, 6.07) is 6.78. The van der Waals surface area contributed by atoms with Gasteiger partial charge in [0, 0.05) is 28.3 Å². The number of hydrogen-bond acceptors (Lipinski definition) is 5. The molecule has 1 aliphatic heterocycles. The number of anilines is 1. The average molecular weight is 275 g/mol. The molecule has 2 atom stereocenters. The molecule has 0 radical (unpaired) electrons. The largest absolute Gasteiger partial charge is 0.423 e. The highest BCUT2D eigenvalue weighted by atomic mass is 32.2. The predicted octanol–water partition coefficient (Wildman–Crippen LogP) is 3.35. The lowest BCUT2D eigenvalue weighted by Crippen LogP contribution is -2.19. The van der Waals surface area contributed by atoms with E-state index in [1.165, 1.54) is 29.8 Å². The Morgan fingerprint density at radius 3 is 2.95 bits per heavy atom. The van der Waals surface area contributed by atoms with Crippen molar-refractivity contribution in [3.8, 4) is 11.5 Å². The van der Waals surface area contributed by atoms with E-state index in [9.17, 15) is 0 Å². The summed E-state index contributed by atoms with van der Waals surface area (Å²) >= 11 is 2.04. The van der Waals surface area contributed by atoms with Gasteiger partial charge in [-0.2, -0.15) is 11.8 Å². The molecule has 5 heteroatoms. The number of aromatic nitrogens is 2. The van der Waals surface area contributed by atoms with E-state index in [0.29, 0.717) is 11.9 Å². The summed E-state index contributed by atoms with van der Waals surface area (Å²) in [6.45, 7) is 4.39. The van der Waals surface area contributed by atoms with Crippen LogP contribution < -0.4 is 5.32 Å². The zero-order valence-electron chi connectivity index (χ0n) is 11.1. The first-order valence-corrected chi connectivity index (χ1v) is 7.52. The zero-order valence-corrected chi connectivity index (χ0v) is 11.9. The maximum atomic E-state index is 5.22. The molecule has 0 bridgehead atoms. The van der Waals surface area contributed by atoms with Gasteiger partial charge in [0.1, 0.15) is 0 Å². The molecular formula is C14H17N3OS. The Kier molecular flexibility index (Phi) is 3.46. The number of aryl methyl sites for hydroxylation is 1. The molecule has 4 nitrogen and oxygen atoms in total. The zero-order chi connectivity index (χ0) is 13.2. The number of thioether (sulfide) groups is 1. The minimum absolute atomic E-state index is 0.569. The fourth-order valence-electron chi connectivity index (χ4n) is 2.40. The van der Waals surface area contributed by atoms with E-state index in [0.717, 1.165) is 10.8 Å². The van der Waals surface area contributed by atoms with Crippen LogP contribution in [0.25, 0.3) is 11.5 Å². The second kappa shape index (κ2) is 5.25. The van der Waals surface area contributed by atoms with Crippen molar-refractivity contribution in [2.45, 2.75) is 31.6 Å². The number of hydrogen-bond donors (Lipinski definition) is 1. The molecular weight excluding hydrogens is 258 g/mol. The Morgan fingerprint density at radius 1 is 1.42 bits per heavy atom. The third-order valence-electron chi connectivity index (χ3n) is 3.39. The molecule has 0 amide bonds. The quantitative estimate of drug-likeness (QED) is 0.931. The molecule has 19 heavy (non-hydrogen) atoms. The Bertz CT molecular complexity index is 556. The number of nitrogens with one attached hydrogen (secondary N) is 1. The smallest absolute Gasteiger partial charge is 0.247 e. The third-order valence-corrected chi connectivity index (χ3v) is 4.75. The van der Waals surface area contributed by atoms with Crippen LogP contribution >= 0.6 is 11.8 Å². The fourth-order valence-corrected chi connectivity index (χ4v) is 3.54. The summed E-state index contributed by atoms with van der Waals surface area (Å²) in [7, 11) is 0. The van der Waals surface area contributed by atoms with Crippen LogP contribution in [0.2, 0.25) is 0 Å². The molecule has 1 fully saturated rings. The van der Waals surface area contributed by atoms with Crippen molar-refractivity contribution in [3.05, 3.63) is 30.2 Å². The van der Waals surface area contributed by atoms with Gasteiger partial charge in [0.2, 0.25) is 12.3 Å². The number of rotatable bonds is 3. The molecule has 1 aliphatic rings. The average Bonchev–Trinajstić information content (AvgIpc) is 3.03. The van der Waals surface area contributed by atoms with Crippen molar-refractivity contribution < 1.29 is 4.42 Å². The van der Waals surface area contributed by atoms with E-state index in [-0.39, 0.29) is 0 Å². The van der Waals surface area contributed by atoms with Gasteiger partial charge in [-0.3, -0.25) is 0 Å². The first kappa shape index (κ1) is 12.5. The maximum Gasteiger partial charge on any atom is 0.247 e. The summed E-state index contributed by atoms with van der Waals surface area (Å²) in [4.78, 5) is 0. The van der Waals surface area contributed by atoms with Crippen LogP contribution in [0.3, 0.4) is 0 Å². The molecule has 2 unspecified atom stereocenters. The summed E-state index contributed by atoms with van der Waals surface area (Å²) in [6.07, 6.45) is 2.59. The second-order valence-electron chi connectivity index (χ2n) is 4.99. The van der Waals surface area contributed by atoms with Crippen LogP contribution in [-0.4, -0.2) is 27.2 Å². The SMILES string of the molecule is Cc1cc(-c2nnco2)ccc1NC1CSC(C)C1. The molecule has 1 saturated heterocycles. The molecule has 2 heterocycles. The van der Waals surface area contributed by atoms with Gasteiger partial charge >= 0.3 is 0 Å². The van der Waals surface area contributed by atoms with Crippen molar-refractivity contribution in [2.24, 2.45) is 0 Å². The molecule has 0 saturated carbocycles. The van der Waals surface area contributed by atoms with Crippen LogP contribution in [0.5, 0.6) is 0 Å². The summed E-state index contributed by atoms with van der Waals surface area (Å²) in [5.74, 6) is 1.76. The van der Waals surface area contributed by atoms with Gasteiger partial charge in [0.25, 0.3) is 0 Å². The molecule has 0 aliphatic carbocycles. The molecule has 100 valence electrons. The van der Waals surface area contributed by atoms with Gasteiger partial charge < -0.3 is 9.73 Å². The standard InChI is InChI=1S/C14H17N3OS/c1-9-5-11(14-17-15-8-18-14)3-4-13(9)16-12-6-10(2)19-7-12/h3-5,8,10,12,16H,6-7H2,1-2H3. The summed E-state index contributed by atoms with van der Waals surface area (Å²) in [5, 5.41) is 12.0. The molecule has 2 aromatic rings. The molecule has 1 aromatic heterocycles. The van der Waals surface area contributed by atoms with Gasteiger partial charge in [0.05, 0.1) is 0 Å². The van der Waals surface area contributed by atoms with E-state index >= 15 is 0 Å². The predicted molar refractivity (Wildman–Crippen MR) is 78.4 cm³/mol. The van der Waals surface area contributed by atoms with Gasteiger partial charge in [-0.1, -0.05) is 6.92 Å². The monoisotopic (exact) mass is 275 g/mol. The highest BCUT2D eigenvalue weighted by Gasteiger charge is 2.22. The Morgan fingerprint density at radius 2 is 2.32 bits per heavy atom. The van der Waals surface area contributed by atoms with Crippen LogP contribution in [0.1, 0.15) is 18.9 Å². The second-order valence-corrected chi connectivity index (χ2v) is 6.47. The van der Waals surface area contributed by atoms with Crippen molar-refractivity contribution in [3.63, 3.8) is 0 Å². The topological polar surface area (TPSA) is 51.0 Å². The van der Waals surface area contributed by atoms with E-state index in [1.807, 2.05) is 17.8 Å². The van der Waals surface area contributed by atoms with Gasteiger partial charge in [0.15, 0.2) is 0 Å². The minimum atomic E-state index is 0.569. The van der Waals surface area contributed by atoms with E-state index in [1.54, 1.807) is 0 Å².